The smallest absolute Gasteiger partial charge is 0.354 e. The first kappa shape index (κ1) is 20.4. The third-order valence-electron chi connectivity index (χ3n) is 5.08. The Morgan fingerprint density at radius 3 is 2.50 bits per heavy atom. The lowest BCUT2D eigenvalue weighted by Crippen LogP contribution is -2.57. The van der Waals surface area contributed by atoms with Crippen molar-refractivity contribution < 1.29 is 18.0 Å². The van der Waals surface area contributed by atoms with E-state index in [2.05, 4.69) is 10.6 Å². The molecule has 2 aromatic rings. The van der Waals surface area contributed by atoms with Crippen molar-refractivity contribution in [3.05, 3.63) is 34.7 Å². The van der Waals surface area contributed by atoms with E-state index in [4.69, 9.17) is 0 Å². The Morgan fingerprint density at radius 1 is 1.21 bits per heavy atom. The van der Waals surface area contributed by atoms with Crippen LogP contribution < -0.4 is 16.3 Å². The number of aryl methyl sites for hydroxylation is 2. The molecule has 1 atom stereocenters. The van der Waals surface area contributed by atoms with Gasteiger partial charge < -0.3 is 10.6 Å². The Hall–Kier alpha value is -2.33. The van der Waals surface area contributed by atoms with Crippen molar-refractivity contribution in [3.63, 3.8) is 0 Å². The van der Waals surface area contributed by atoms with Crippen molar-refractivity contribution in [2.45, 2.75) is 25.2 Å². The highest BCUT2D eigenvalue weighted by molar-refractivity contribution is 5.77. The highest BCUT2D eigenvalue weighted by Gasteiger charge is 2.43. The molecule has 1 unspecified atom stereocenters. The van der Waals surface area contributed by atoms with Crippen LogP contribution in [0, 0.1) is 0 Å². The van der Waals surface area contributed by atoms with Crippen molar-refractivity contribution in [1.29, 1.82) is 0 Å². The molecule has 1 amide bonds. The van der Waals surface area contributed by atoms with Gasteiger partial charge in [-0.2, -0.15) is 13.2 Å². The SMILES string of the molecule is Cn1c(=O)n(CCC(=O)NCC(N2CCNCC2)C(F)(F)F)c2ccccc21. The van der Waals surface area contributed by atoms with Gasteiger partial charge in [-0.1, -0.05) is 12.1 Å². The van der Waals surface area contributed by atoms with E-state index >= 15 is 0 Å². The van der Waals surface area contributed by atoms with Gasteiger partial charge >= 0.3 is 11.9 Å². The fourth-order valence-electron chi connectivity index (χ4n) is 3.54. The first-order valence-electron chi connectivity index (χ1n) is 9.21. The molecule has 1 aromatic heterocycles. The predicted octanol–water partition coefficient (Wildman–Crippen LogP) is 0.682. The number of halogens is 3. The number of fused-ring (bicyclic) bond motifs is 1. The van der Waals surface area contributed by atoms with E-state index in [1.54, 1.807) is 25.2 Å². The number of hydrogen-bond acceptors (Lipinski definition) is 4. The molecule has 1 aliphatic heterocycles. The van der Waals surface area contributed by atoms with Gasteiger partial charge in [0.25, 0.3) is 0 Å². The summed E-state index contributed by atoms with van der Waals surface area (Å²) in [5, 5.41) is 5.40. The number of alkyl halides is 3. The normalized spacial score (nSPS) is 17.0. The Balaban J connectivity index is 1.61. The van der Waals surface area contributed by atoms with Crippen LogP contribution in [0.4, 0.5) is 13.2 Å². The van der Waals surface area contributed by atoms with Crippen LogP contribution in [0.5, 0.6) is 0 Å². The van der Waals surface area contributed by atoms with Crippen LogP contribution in [0.15, 0.2) is 29.1 Å². The number of carbonyl (C=O) groups is 1. The van der Waals surface area contributed by atoms with Crippen molar-refractivity contribution in [2.75, 3.05) is 32.7 Å². The van der Waals surface area contributed by atoms with E-state index in [0.717, 1.165) is 5.52 Å². The summed E-state index contributed by atoms with van der Waals surface area (Å²) in [5.41, 5.74) is 1.17. The highest BCUT2D eigenvalue weighted by atomic mass is 19.4. The molecule has 0 aliphatic carbocycles. The van der Waals surface area contributed by atoms with Gasteiger partial charge in [0.15, 0.2) is 0 Å². The minimum absolute atomic E-state index is 0.0694. The molecule has 0 radical (unpaired) electrons. The van der Waals surface area contributed by atoms with Crippen molar-refractivity contribution in [1.82, 2.24) is 24.7 Å². The molecule has 1 aliphatic rings. The van der Waals surface area contributed by atoms with Crippen molar-refractivity contribution in [3.8, 4) is 0 Å². The van der Waals surface area contributed by atoms with E-state index < -0.39 is 24.7 Å². The lowest BCUT2D eigenvalue weighted by molar-refractivity contribution is -0.184. The number of piperazine rings is 1. The molecule has 0 bridgehead atoms. The quantitative estimate of drug-likeness (QED) is 0.750. The van der Waals surface area contributed by atoms with Gasteiger partial charge in [-0.15, -0.1) is 0 Å². The van der Waals surface area contributed by atoms with Crippen LogP contribution >= 0.6 is 0 Å². The topological polar surface area (TPSA) is 71.3 Å². The molecular weight excluding hydrogens is 375 g/mol. The summed E-state index contributed by atoms with van der Waals surface area (Å²) < 4.78 is 43.1. The lowest BCUT2D eigenvalue weighted by atomic mass is 10.2. The summed E-state index contributed by atoms with van der Waals surface area (Å²) in [6.45, 7) is 1.16. The fourth-order valence-corrected chi connectivity index (χ4v) is 3.54. The van der Waals surface area contributed by atoms with Gasteiger partial charge in [0.2, 0.25) is 5.91 Å². The standard InChI is InChI=1S/C18H24F3N5O2/c1-24-13-4-2-3-5-14(13)26(17(24)28)9-6-16(27)23-12-15(18(19,20)21)25-10-7-22-8-11-25/h2-5,15,22H,6-12H2,1H3,(H,23,27). The average molecular weight is 399 g/mol. The second kappa shape index (κ2) is 8.36. The van der Waals surface area contributed by atoms with Crippen molar-refractivity contribution >= 4 is 16.9 Å². The Labute approximate surface area is 160 Å². The third-order valence-corrected chi connectivity index (χ3v) is 5.08. The predicted molar refractivity (Wildman–Crippen MR) is 99.1 cm³/mol. The molecule has 2 N–H and O–H groups in total. The highest BCUT2D eigenvalue weighted by Crippen LogP contribution is 2.24. The zero-order valence-corrected chi connectivity index (χ0v) is 15.6. The fraction of sp³-hybridized carbons (Fsp3) is 0.556. The van der Waals surface area contributed by atoms with Crippen LogP contribution in [0.25, 0.3) is 11.0 Å². The van der Waals surface area contributed by atoms with E-state index in [1.807, 2.05) is 6.07 Å². The summed E-state index contributed by atoms with van der Waals surface area (Å²) in [7, 11) is 1.64. The molecule has 154 valence electrons. The summed E-state index contributed by atoms with van der Waals surface area (Å²) in [4.78, 5) is 25.8. The number of benzene rings is 1. The first-order chi connectivity index (χ1) is 13.3. The monoisotopic (exact) mass is 399 g/mol. The van der Waals surface area contributed by atoms with Crippen LogP contribution in [0.2, 0.25) is 0 Å². The van der Waals surface area contributed by atoms with E-state index in [9.17, 15) is 22.8 Å². The van der Waals surface area contributed by atoms with E-state index in [-0.39, 0.29) is 31.7 Å². The molecule has 2 heterocycles. The number of para-hydroxylation sites is 2. The summed E-state index contributed by atoms with van der Waals surface area (Å²) >= 11 is 0. The number of rotatable bonds is 6. The molecule has 1 saturated heterocycles. The molecule has 1 fully saturated rings. The molecule has 7 nitrogen and oxygen atoms in total. The lowest BCUT2D eigenvalue weighted by Gasteiger charge is -2.35. The Kier molecular flexibility index (Phi) is 6.09. The number of amides is 1. The number of hydrogen-bond donors (Lipinski definition) is 2. The summed E-state index contributed by atoms with van der Waals surface area (Å²) in [6.07, 6.45) is -4.49. The summed E-state index contributed by atoms with van der Waals surface area (Å²) in [6, 6.07) is 5.47. The first-order valence-corrected chi connectivity index (χ1v) is 9.21. The number of carbonyl (C=O) groups excluding carboxylic acids is 1. The van der Waals surface area contributed by atoms with Crippen molar-refractivity contribution in [2.24, 2.45) is 7.05 Å². The maximum atomic E-state index is 13.4. The third kappa shape index (κ3) is 4.39. The Bertz CT molecular complexity index is 883. The minimum atomic E-state index is -4.42. The van der Waals surface area contributed by atoms with Crippen LogP contribution in [0.3, 0.4) is 0 Å². The van der Waals surface area contributed by atoms with Crippen LogP contribution in [-0.4, -0.2) is 64.9 Å². The van der Waals surface area contributed by atoms with Gasteiger partial charge in [-0.05, 0) is 12.1 Å². The molecule has 3 rings (SSSR count). The summed E-state index contributed by atoms with van der Waals surface area (Å²) in [5.74, 6) is -0.510. The maximum absolute atomic E-state index is 13.4. The van der Waals surface area contributed by atoms with Gasteiger partial charge in [0, 0.05) is 52.7 Å². The van der Waals surface area contributed by atoms with Crippen LogP contribution in [0.1, 0.15) is 6.42 Å². The Morgan fingerprint density at radius 2 is 1.86 bits per heavy atom. The second-order valence-corrected chi connectivity index (χ2v) is 6.88. The zero-order chi connectivity index (χ0) is 20.3. The largest absolute Gasteiger partial charge is 0.405 e. The molecule has 10 heteroatoms. The number of imidazole rings is 1. The number of nitrogens with one attached hydrogen (secondary N) is 2. The average Bonchev–Trinajstić information content (AvgIpc) is 2.91. The van der Waals surface area contributed by atoms with Gasteiger partial charge in [0.1, 0.15) is 6.04 Å². The molecule has 1 aromatic carbocycles. The molecule has 0 saturated carbocycles. The second-order valence-electron chi connectivity index (χ2n) is 6.88. The van der Waals surface area contributed by atoms with Gasteiger partial charge in [-0.3, -0.25) is 18.8 Å². The zero-order valence-electron chi connectivity index (χ0n) is 15.6. The van der Waals surface area contributed by atoms with Crippen LogP contribution in [-0.2, 0) is 18.4 Å². The van der Waals surface area contributed by atoms with Gasteiger partial charge in [-0.25, -0.2) is 4.79 Å². The van der Waals surface area contributed by atoms with E-state index in [1.165, 1.54) is 14.0 Å². The number of aromatic nitrogens is 2. The maximum Gasteiger partial charge on any atom is 0.405 e. The molecule has 28 heavy (non-hydrogen) atoms. The molecular formula is C18H24F3N5O2. The molecule has 0 spiro atoms. The van der Waals surface area contributed by atoms with E-state index in [0.29, 0.717) is 18.6 Å². The minimum Gasteiger partial charge on any atom is -0.354 e. The van der Waals surface area contributed by atoms with Gasteiger partial charge in [0.05, 0.1) is 11.0 Å². The number of nitrogens with zero attached hydrogens (tertiary/aromatic N) is 3.